The third-order valence-electron chi connectivity index (χ3n) is 4.06. The third-order valence-corrected chi connectivity index (χ3v) is 6.30. The summed E-state index contributed by atoms with van der Waals surface area (Å²) in [5.74, 6) is 0. The molecule has 2 rings (SSSR count). The molecule has 0 atom stereocenters. The second-order valence-electron chi connectivity index (χ2n) is 6.81. The number of nitrogens with one attached hydrogen (secondary N) is 1. The summed E-state index contributed by atoms with van der Waals surface area (Å²) in [4.78, 5) is -0.0277. The average molecular weight is 382 g/mol. The predicted molar refractivity (Wildman–Crippen MR) is 101 cm³/mol. The minimum Gasteiger partial charge on any atom is -0.383 e. The van der Waals surface area contributed by atoms with Crippen molar-refractivity contribution in [2.45, 2.75) is 29.1 Å². The van der Waals surface area contributed by atoms with Crippen LogP contribution in [-0.4, -0.2) is 35.9 Å². The maximum absolute atomic E-state index is 12.1. The quantitative estimate of drug-likeness (QED) is 0.832. The van der Waals surface area contributed by atoms with Crippen molar-refractivity contribution in [3.63, 3.8) is 0 Å². The molecule has 2 aromatic rings. The van der Waals surface area contributed by atoms with E-state index in [4.69, 9.17) is 0 Å². The molecule has 136 valence electrons. The lowest BCUT2D eigenvalue weighted by atomic mass is 9.84. The number of benzene rings is 2. The molecule has 0 spiro atoms. The molecular formula is C18H23NO4S2. The normalized spacial score (nSPS) is 12.8. The van der Waals surface area contributed by atoms with Crippen LogP contribution in [0.25, 0.3) is 0 Å². The van der Waals surface area contributed by atoms with Crippen molar-refractivity contribution in [3.8, 4) is 0 Å². The SMILES string of the molecule is CC(C)(CNc1ccc(S(C)(=O)=O)cc1S(C)(=O)=O)c1ccccc1. The van der Waals surface area contributed by atoms with E-state index in [0.717, 1.165) is 18.1 Å². The Morgan fingerprint density at radius 3 is 2.00 bits per heavy atom. The summed E-state index contributed by atoms with van der Waals surface area (Å²) in [6.07, 6.45) is 2.13. The van der Waals surface area contributed by atoms with Gasteiger partial charge in [-0.05, 0) is 23.8 Å². The lowest BCUT2D eigenvalue weighted by Crippen LogP contribution is -2.28. The van der Waals surface area contributed by atoms with E-state index in [1.54, 1.807) is 0 Å². The highest BCUT2D eigenvalue weighted by atomic mass is 32.2. The first-order valence-electron chi connectivity index (χ1n) is 7.75. The molecule has 0 amide bonds. The standard InChI is InChI=1S/C18H23NO4S2/c1-18(2,14-8-6-5-7-9-14)13-19-16-11-10-15(24(3,20)21)12-17(16)25(4,22)23/h5-12,19H,13H2,1-4H3. The Morgan fingerprint density at radius 1 is 0.880 bits per heavy atom. The Hall–Kier alpha value is -1.86. The molecule has 0 fully saturated rings. The van der Waals surface area contributed by atoms with E-state index >= 15 is 0 Å². The highest BCUT2D eigenvalue weighted by molar-refractivity contribution is 7.91. The van der Waals surface area contributed by atoms with Crippen LogP contribution in [0.5, 0.6) is 0 Å². The number of sulfone groups is 2. The van der Waals surface area contributed by atoms with Gasteiger partial charge in [-0.2, -0.15) is 0 Å². The van der Waals surface area contributed by atoms with E-state index in [-0.39, 0.29) is 15.2 Å². The summed E-state index contributed by atoms with van der Waals surface area (Å²) in [5, 5.41) is 3.16. The van der Waals surface area contributed by atoms with E-state index in [1.807, 2.05) is 30.3 Å². The van der Waals surface area contributed by atoms with Crippen LogP contribution in [0.1, 0.15) is 19.4 Å². The summed E-state index contributed by atoms with van der Waals surface area (Å²) < 4.78 is 47.6. The molecule has 0 bridgehead atoms. The molecule has 0 saturated heterocycles. The van der Waals surface area contributed by atoms with Gasteiger partial charge in [-0.1, -0.05) is 44.2 Å². The number of hydrogen-bond donors (Lipinski definition) is 1. The molecule has 0 aliphatic carbocycles. The number of anilines is 1. The summed E-state index contributed by atoms with van der Waals surface area (Å²) in [7, 11) is -7.06. The van der Waals surface area contributed by atoms with Gasteiger partial charge in [0.15, 0.2) is 19.7 Å². The number of hydrogen-bond acceptors (Lipinski definition) is 5. The summed E-state index contributed by atoms with van der Waals surface area (Å²) in [6.45, 7) is 4.61. The molecule has 5 nitrogen and oxygen atoms in total. The molecule has 2 aromatic carbocycles. The molecule has 1 N–H and O–H groups in total. The Balaban J connectivity index is 2.37. The first-order chi connectivity index (χ1) is 11.4. The van der Waals surface area contributed by atoms with Gasteiger partial charge >= 0.3 is 0 Å². The minimum atomic E-state index is -3.58. The van der Waals surface area contributed by atoms with E-state index in [2.05, 4.69) is 19.2 Å². The first-order valence-corrected chi connectivity index (χ1v) is 11.5. The Bertz CT molecular complexity index is 963. The van der Waals surface area contributed by atoms with Crippen molar-refractivity contribution in [1.82, 2.24) is 0 Å². The van der Waals surface area contributed by atoms with Gasteiger partial charge in [0.05, 0.1) is 15.5 Å². The van der Waals surface area contributed by atoms with Crippen LogP contribution >= 0.6 is 0 Å². The molecule has 0 unspecified atom stereocenters. The Kier molecular flexibility index (Phi) is 5.30. The molecule has 0 heterocycles. The van der Waals surface area contributed by atoms with Crippen molar-refractivity contribution >= 4 is 25.4 Å². The van der Waals surface area contributed by atoms with Crippen LogP contribution in [-0.2, 0) is 25.1 Å². The second kappa shape index (κ2) is 6.80. The van der Waals surface area contributed by atoms with Crippen molar-refractivity contribution in [2.24, 2.45) is 0 Å². The fourth-order valence-corrected chi connectivity index (χ4v) is 4.10. The fourth-order valence-electron chi connectivity index (χ4n) is 2.49. The zero-order chi connectivity index (χ0) is 18.9. The van der Waals surface area contributed by atoms with E-state index < -0.39 is 19.7 Å². The average Bonchev–Trinajstić information content (AvgIpc) is 2.52. The molecule has 0 aromatic heterocycles. The third kappa shape index (κ3) is 4.83. The van der Waals surface area contributed by atoms with Gasteiger partial charge < -0.3 is 5.32 Å². The molecule has 0 radical (unpaired) electrons. The molecule has 25 heavy (non-hydrogen) atoms. The van der Waals surface area contributed by atoms with Gasteiger partial charge in [0.1, 0.15) is 0 Å². The van der Waals surface area contributed by atoms with Crippen LogP contribution in [0.15, 0.2) is 58.3 Å². The van der Waals surface area contributed by atoms with Crippen LogP contribution in [0.3, 0.4) is 0 Å². The highest BCUT2D eigenvalue weighted by Crippen LogP contribution is 2.28. The highest BCUT2D eigenvalue weighted by Gasteiger charge is 2.23. The monoisotopic (exact) mass is 381 g/mol. The Morgan fingerprint density at radius 2 is 1.48 bits per heavy atom. The topological polar surface area (TPSA) is 80.3 Å². The van der Waals surface area contributed by atoms with Gasteiger partial charge in [-0.3, -0.25) is 0 Å². The second-order valence-corrected chi connectivity index (χ2v) is 10.8. The van der Waals surface area contributed by atoms with Crippen molar-refractivity contribution in [3.05, 3.63) is 54.1 Å². The van der Waals surface area contributed by atoms with E-state index in [1.165, 1.54) is 18.2 Å². The maximum Gasteiger partial charge on any atom is 0.177 e. The molecular weight excluding hydrogens is 358 g/mol. The maximum atomic E-state index is 12.1. The fraction of sp³-hybridized carbons (Fsp3) is 0.333. The van der Waals surface area contributed by atoms with Crippen molar-refractivity contribution in [1.29, 1.82) is 0 Å². The van der Waals surface area contributed by atoms with Crippen LogP contribution < -0.4 is 5.32 Å². The van der Waals surface area contributed by atoms with Gasteiger partial charge in [-0.25, -0.2) is 16.8 Å². The smallest absolute Gasteiger partial charge is 0.177 e. The van der Waals surface area contributed by atoms with E-state index in [0.29, 0.717) is 12.2 Å². The van der Waals surface area contributed by atoms with Crippen molar-refractivity contribution < 1.29 is 16.8 Å². The molecule has 0 aliphatic heterocycles. The lowest BCUT2D eigenvalue weighted by Gasteiger charge is -2.27. The van der Waals surface area contributed by atoms with Gasteiger partial charge in [0.25, 0.3) is 0 Å². The summed E-state index contributed by atoms with van der Waals surface area (Å²) in [6, 6.07) is 14.0. The predicted octanol–water partition coefficient (Wildman–Crippen LogP) is 2.88. The largest absolute Gasteiger partial charge is 0.383 e. The van der Waals surface area contributed by atoms with E-state index in [9.17, 15) is 16.8 Å². The summed E-state index contributed by atoms with van der Waals surface area (Å²) in [5.41, 5.74) is 1.29. The zero-order valence-corrected chi connectivity index (χ0v) is 16.4. The van der Waals surface area contributed by atoms with Gasteiger partial charge in [0.2, 0.25) is 0 Å². The first kappa shape index (κ1) is 19.5. The zero-order valence-electron chi connectivity index (χ0n) is 14.8. The van der Waals surface area contributed by atoms with Gasteiger partial charge in [0, 0.05) is 24.5 Å². The molecule has 0 saturated carbocycles. The van der Waals surface area contributed by atoms with Crippen LogP contribution in [0.2, 0.25) is 0 Å². The summed E-state index contributed by atoms with van der Waals surface area (Å²) >= 11 is 0. The van der Waals surface area contributed by atoms with Gasteiger partial charge in [-0.15, -0.1) is 0 Å². The van der Waals surface area contributed by atoms with Crippen molar-refractivity contribution in [2.75, 3.05) is 24.4 Å². The minimum absolute atomic E-state index is 0.0132. The Labute approximate surface area is 149 Å². The molecule has 0 aliphatic rings. The lowest BCUT2D eigenvalue weighted by molar-refractivity contribution is 0.556. The van der Waals surface area contributed by atoms with Crippen LogP contribution in [0, 0.1) is 0 Å². The number of rotatable bonds is 6. The van der Waals surface area contributed by atoms with Crippen LogP contribution in [0.4, 0.5) is 5.69 Å². The molecule has 7 heteroatoms.